The molecule has 1 nitrogen and oxygen atoms in total. The molecule has 0 aliphatic heterocycles. The molecule has 0 radical (unpaired) electrons. The molecule has 1 fully saturated rings. The standard InChI is InChI=1S/C18H20O/c1-12(2)15-11-16(15)17-10-14(8-9-18(17)19)13-6-4-3-5-7-13/h3-10,12,15-16,19H,11H2,1-2H3. The molecule has 1 N–H and O–H groups in total. The largest absolute Gasteiger partial charge is 0.508 e. The first-order valence-corrected chi connectivity index (χ1v) is 7.05. The summed E-state index contributed by atoms with van der Waals surface area (Å²) in [5, 5.41) is 10.1. The molecule has 2 unspecified atom stereocenters. The van der Waals surface area contributed by atoms with Crippen molar-refractivity contribution in [3.63, 3.8) is 0 Å². The lowest BCUT2D eigenvalue weighted by Gasteiger charge is -2.09. The highest BCUT2D eigenvalue weighted by molar-refractivity contribution is 5.66. The lowest BCUT2D eigenvalue weighted by Crippen LogP contribution is -1.93. The molecule has 2 atom stereocenters. The molecule has 1 heteroatoms. The average Bonchev–Trinajstić information content (AvgIpc) is 3.21. The topological polar surface area (TPSA) is 20.2 Å². The molecule has 1 aliphatic rings. The molecule has 1 aliphatic carbocycles. The van der Waals surface area contributed by atoms with Gasteiger partial charge in [0.25, 0.3) is 0 Å². The van der Waals surface area contributed by atoms with Crippen molar-refractivity contribution in [3.05, 3.63) is 54.1 Å². The lowest BCUT2D eigenvalue weighted by molar-refractivity contribution is 0.464. The molecule has 19 heavy (non-hydrogen) atoms. The van der Waals surface area contributed by atoms with E-state index in [-0.39, 0.29) is 0 Å². The van der Waals surface area contributed by atoms with Crippen LogP contribution >= 0.6 is 0 Å². The van der Waals surface area contributed by atoms with Crippen LogP contribution in [0.15, 0.2) is 48.5 Å². The number of hydrogen-bond donors (Lipinski definition) is 1. The van der Waals surface area contributed by atoms with E-state index in [1.807, 2.05) is 18.2 Å². The Balaban J connectivity index is 1.94. The molecular formula is C18H20O. The summed E-state index contributed by atoms with van der Waals surface area (Å²) < 4.78 is 0. The fourth-order valence-corrected chi connectivity index (χ4v) is 2.97. The van der Waals surface area contributed by atoms with Gasteiger partial charge in [-0.05, 0) is 53.0 Å². The van der Waals surface area contributed by atoms with Gasteiger partial charge >= 0.3 is 0 Å². The van der Waals surface area contributed by atoms with Crippen LogP contribution in [0.4, 0.5) is 0 Å². The van der Waals surface area contributed by atoms with Crippen LogP contribution in [-0.2, 0) is 0 Å². The zero-order chi connectivity index (χ0) is 13.4. The van der Waals surface area contributed by atoms with Crippen LogP contribution in [-0.4, -0.2) is 5.11 Å². The van der Waals surface area contributed by atoms with E-state index in [0.29, 0.717) is 17.6 Å². The van der Waals surface area contributed by atoms with E-state index in [9.17, 15) is 5.11 Å². The summed E-state index contributed by atoms with van der Waals surface area (Å²) in [5.41, 5.74) is 3.54. The minimum Gasteiger partial charge on any atom is -0.508 e. The quantitative estimate of drug-likeness (QED) is 0.830. The highest BCUT2D eigenvalue weighted by Crippen LogP contribution is 2.54. The van der Waals surface area contributed by atoms with Crippen molar-refractivity contribution in [1.29, 1.82) is 0 Å². The molecule has 3 rings (SSSR count). The molecule has 0 heterocycles. The van der Waals surface area contributed by atoms with Gasteiger partial charge in [-0.1, -0.05) is 50.2 Å². The number of rotatable bonds is 3. The summed E-state index contributed by atoms with van der Waals surface area (Å²) in [7, 11) is 0. The van der Waals surface area contributed by atoms with E-state index in [2.05, 4.69) is 44.2 Å². The molecule has 1 saturated carbocycles. The Morgan fingerprint density at radius 2 is 1.74 bits per heavy atom. The molecule has 0 amide bonds. The summed E-state index contributed by atoms with van der Waals surface area (Å²) in [5.74, 6) is 2.43. The van der Waals surface area contributed by atoms with Gasteiger partial charge < -0.3 is 5.11 Å². The highest BCUT2D eigenvalue weighted by Gasteiger charge is 2.41. The van der Waals surface area contributed by atoms with Crippen molar-refractivity contribution in [2.45, 2.75) is 26.2 Å². The van der Waals surface area contributed by atoms with Crippen LogP contribution in [0.2, 0.25) is 0 Å². The fraction of sp³-hybridized carbons (Fsp3) is 0.333. The van der Waals surface area contributed by atoms with E-state index in [0.717, 1.165) is 11.5 Å². The molecular weight excluding hydrogens is 232 g/mol. The van der Waals surface area contributed by atoms with Crippen LogP contribution in [0.5, 0.6) is 5.75 Å². The zero-order valence-corrected chi connectivity index (χ0v) is 11.5. The van der Waals surface area contributed by atoms with Gasteiger partial charge in [0.15, 0.2) is 0 Å². The monoisotopic (exact) mass is 252 g/mol. The van der Waals surface area contributed by atoms with Crippen molar-refractivity contribution in [2.24, 2.45) is 11.8 Å². The summed E-state index contributed by atoms with van der Waals surface area (Å²) in [4.78, 5) is 0. The SMILES string of the molecule is CC(C)C1CC1c1cc(-c2ccccc2)ccc1O. The van der Waals surface area contributed by atoms with Crippen LogP contribution in [0, 0.1) is 11.8 Å². The van der Waals surface area contributed by atoms with Crippen LogP contribution in [0.25, 0.3) is 11.1 Å². The predicted octanol–water partition coefficient (Wildman–Crippen LogP) is 4.82. The van der Waals surface area contributed by atoms with Crippen LogP contribution in [0.3, 0.4) is 0 Å². The van der Waals surface area contributed by atoms with Gasteiger partial charge in [0, 0.05) is 0 Å². The third-order valence-electron chi connectivity index (χ3n) is 4.23. The van der Waals surface area contributed by atoms with Gasteiger partial charge in [0.2, 0.25) is 0 Å². The van der Waals surface area contributed by atoms with Crippen molar-refractivity contribution in [2.75, 3.05) is 0 Å². The highest BCUT2D eigenvalue weighted by atomic mass is 16.3. The smallest absolute Gasteiger partial charge is 0.119 e. The molecule has 0 spiro atoms. The lowest BCUT2D eigenvalue weighted by atomic mass is 9.97. The summed E-state index contributed by atoms with van der Waals surface area (Å²) >= 11 is 0. The normalized spacial score (nSPS) is 21.6. The molecule has 0 bridgehead atoms. The first kappa shape index (κ1) is 12.3. The van der Waals surface area contributed by atoms with E-state index in [4.69, 9.17) is 0 Å². The number of phenolic OH excluding ortho intramolecular Hbond substituents is 1. The fourth-order valence-electron chi connectivity index (χ4n) is 2.97. The maximum Gasteiger partial charge on any atom is 0.119 e. The van der Waals surface area contributed by atoms with Crippen LogP contribution < -0.4 is 0 Å². The molecule has 2 aromatic rings. The maximum atomic E-state index is 10.1. The Labute approximate surface area is 114 Å². The van der Waals surface area contributed by atoms with E-state index >= 15 is 0 Å². The number of benzene rings is 2. The Kier molecular flexibility index (Phi) is 3.06. The number of aromatic hydroxyl groups is 1. The van der Waals surface area contributed by atoms with E-state index < -0.39 is 0 Å². The van der Waals surface area contributed by atoms with Gasteiger partial charge in [0.1, 0.15) is 5.75 Å². The Hall–Kier alpha value is -1.76. The molecule has 0 saturated heterocycles. The predicted molar refractivity (Wildman–Crippen MR) is 79.2 cm³/mol. The van der Waals surface area contributed by atoms with Crippen LogP contribution in [0.1, 0.15) is 31.7 Å². The Bertz CT molecular complexity index is 571. The van der Waals surface area contributed by atoms with Gasteiger partial charge in [-0.15, -0.1) is 0 Å². The van der Waals surface area contributed by atoms with Crippen molar-refractivity contribution in [3.8, 4) is 16.9 Å². The second kappa shape index (κ2) is 4.73. The van der Waals surface area contributed by atoms with Gasteiger partial charge in [-0.25, -0.2) is 0 Å². The van der Waals surface area contributed by atoms with E-state index in [1.54, 1.807) is 0 Å². The van der Waals surface area contributed by atoms with Gasteiger partial charge in [-0.2, -0.15) is 0 Å². The molecule has 98 valence electrons. The molecule has 2 aromatic carbocycles. The Morgan fingerprint density at radius 1 is 1.00 bits per heavy atom. The third kappa shape index (κ3) is 2.37. The maximum absolute atomic E-state index is 10.1. The second-order valence-electron chi connectivity index (χ2n) is 5.89. The summed E-state index contributed by atoms with van der Waals surface area (Å²) in [6.45, 7) is 4.53. The summed E-state index contributed by atoms with van der Waals surface area (Å²) in [6.07, 6.45) is 1.21. The first-order chi connectivity index (χ1) is 9.16. The van der Waals surface area contributed by atoms with Gasteiger partial charge in [-0.3, -0.25) is 0 Å². The zero-order valence-electron chi connectivity index (χ0n) is 11.5. The Morgan fingerprint density at radius 3 is 2.37 bits per heavy atom. The summed E-state index contributed by atoms with van der Waals surface area (Å²) in [6, 6.07) is 16.4. The minimum absolute atomic E-state index is 0.452. The van der Waals surface area contributed by atoms with Gasteiger partial charge in [0.05, 0.1) is 0 Å². The van der Waals surface area contributed by atoms with E-state index in [1.165, 1.54) is 17.5 Å². The average molecular weight is 252 g/mol. The number of phenols is 1. The molecule has 0 aromatic heterocycles. The minimum atomic E-state index is 0.452. The number of hydrogen-bond acceptors (Lipinski definition) is 1. The van der Waals surface area contributed by atoms with Crippen molar-refractivity contribution in [1.82, 2.24) is 0 Å². The van der Waals surface area contributed by atoms with Crippen molar-refractivity contribution < 1.29 is 5.11 Å². The first-order valence-electron chi connectivity index (χ1n) is 7.05. The second-order valence-corrected chi connectivity index (χ2v) is 5.89. The van der Waals surface area contributed by atoms with Crippen molar-refractivity contribution >= 4 is 0 Å². The third-order valence-corrected chi connectivity index (χ3v) is 4.23.